The van der Waals surface area contributed by atoms with Crippen molar-refractivity contribution in [3.63, 3.8) is 0 Å². The van der Waals surface area contributed by atoms with Crippen molar-refractivity contribution in [1.29, 1.82) is 0 Å². The van der Waals surface area contributed by atoms with Crippen LogP contribution < -0.4 is 0 Å². The molecule has 29 heavy (non-hydrogen) atoms. The fraction of sp³-hybridized carbons (Fsp3) is 0.0870. The van der Waals surface area contributed by atoms with Gasteiger partial charge in [0.05, 0.1) is 5.52 Å². The lowest BCUT2D eigenvalue weighted by Gasteiger charge is -1.98. The maximum Gasteiger partial charge on any atom is 0.236 e. The number of fused-ring (bicyclic) bond motifs is 1. The van der Waals surface area contributed by atoms with Gasteiger partial charge in [-0.15, -0.1) is 0 Å². The van der Waals surface area contributed by atoms with Crippen molar-refractivity contribution in [2.75, 3.05) is 0 Å². The second-order valence-corrected chi connectivity index (χ2v) is 7.00. The molecule has 6 heteroatoms. The van der Waals surface area contributed by atoms with E-state index in [1.807, 2.05) is 54.2 Å². The predicted molar refractivity (Wildman–Crippen MR) is 109 cm³/mol. The first-order chi connectivity index (χ1) is 14.2. The number of aromatic nitrogens is 4. The van der Waals surface area contributed by atoms with Gasteiger partial charge < -0.3 is 9.51 Å². The minimum atomic E-state index is -0.160. The zero-order valence-corrected chi connectivity index (χ0v) is 15.8. The van der Waals surface area contributed by atoms with Crippen molar-refractivity contribution < 1.29 is 9.32 Å². The Morgan fingerprint density at radius 3 is 2.76 bits per heavy atom. The molecule has 0 saturated carbocycles. The molecule has 0 bridgehead atoms. The second kappa shape index (κ2) is 6.91. The van der Waals surface area contributed by atoms with E-state index >= 15 is 0 Å². The van der Waals surface area contributed by atoms with E-state index in [0.717, 1.165) is 27.9 Å². The summed E-state index contributed by atoms with van der Waals surface area (Å²) in [7, 11) is 0. The summed E-state index contributed by atoms with van der Waals surface area (Å²) in [5.41, 5.74) is 4.07. The normalized spacial score (nSPS) is 11.2. The van der Waals surface area contributed by atoms with Crippen LogP contribution >= 0.6 is 0 Å². The Balaban J connectivity index is 1.53. The van der Waals surface area contributed by atoms with E-state index in [9.17, 15) is 4.79 Å². The minimum Gasteiger partial charge on any atom is -0.348 e. The Labute approximate surface area is 166 Å². The zero-order valence-electron chi connectivity index (χ0n) is 15.8. The van der Waals surface area contributed by atoms with Crippen LogP contribution in [0.2, 0.25) is 0 Å². The maximum atomic E-state index is 12.7. The molecule has 0 spiro atoms. The molecule has 3 heterocycles. The second-order valence-electron chi connectivity index (χ2n) is 7.00. The first-order valence-electron chi connectivity index (χ1n) is 9.35. The Bertz CT molecular complexity index is 1290. The number of hydrogen-bond acceptors (Lipinski definition) is 4. The number of imidazole rings is 1. The Morgan fingerprint density at radius 1 is 1.14 bits per heavy atom. The molecule has 0 amide bonds. The van der Waals surface area contributed by atoms with Crippen LogP contribution in [0.1, 0.15) is 33.0 Å². The largest absolute Gasteiger partial charge is 0.348 e. The molecule has 2 aromatic carbocycles. The van der Waals surface area contributed by atoms with E-state index in [0.29, 0.717) is 17.9 Å². The first-order valence-corrected chi connectivity index (χ1v) is 9.35. The van der Waals surface area contributed by atoms with Crippen LogP contribution in [0.5, 0.6) is 0 Å². The minimum absolute atomic E-state index is 0.160. The van der Waals surface area contributed by atoms with E-state index < -0.39 is 0 Å². The number of nitrogens with zero attached hydrogens (tertiary/aromatic N) is 3. The summed E-state index contributed by atoms with van der Waals surface area (Å²) in [6, 6.07) is 17.2. The lowest BCUT2D eigenvalue weighted by atomic mass is 10.1. The van der Waals surface area contributed by atoms with E-state index in [1.54, 1.807) is 24.4 Å². The lowest BCUT2D eigenvalue weighted by molar-refractivity contribution is 0.103. The highest BCUT2D eigenvalue weighted by Crippen LogP contribution is 2.27. The fourth-order valence-corrected chi connectivity index (χ4v) is 3.49. The number of carbonyl (C=O) groups excluding carboxylic acids is 1. The van der Waals surface area contributed by atoms with E-state index in [1.165, 1.54) is 0 Å². The highest BCUT2D eigenvalue weighted by Gasteiger charge is 2.18. The van der Waals surface area contributed by atoms with Gasteiger partial charge in [-0.2, -0.15) is 0 Å². The van der Waals surface area contributed by atoms with Gasteiger partial charge in [0.25, 0.3) is 0 Å². The standard InChI is InChI=1S/C23H18N4O2/c1-15-6-8-16(9-7-15)23(28)19-13-22(29-26-19)27-14-17(12-21-24-10-11-25-21)18-4-2-3-5-20(18)27/h2-11,13-14H,12H2,1H3,(H,24,25). The highest BCUT2D eigenvalue weighted by molar-refractivity contribution is 6.07. The molecule has 0 radical (unpaired) electrons. The van der Waals surface area contributed by atoms with Crippen LogP contribution in [-0.4, -0.2) is 25.5 Å². The summed E-state index contributed by atoms with van der Waals surface area (Å²) < 4.78 is 7.47. The highest BCUT2D eigenvalue weighted by atomic mass is 16.5. The number of ketones is 1. The van der Waals surface area contributed by atoms with Crippen LogP contribution in [0.4, 0.5) is 0 Å². The number of aryl methyl sites for hydroxylation is 1. The van der Waals surface area contributed by atoms with Gasteiger partial charge in [0.15, 0.2) is 5.69 Å². The Kier molecular flexibility index (Phi) is 4.09. The maximum absolute atomic E-state index is 12.7. The van der Waals surface area contributed by atoms with Crippen molar-refractivity contribution in [3.05, 3.63) is 101 Å². The van der Waals surface area contributed by atoms with Crippen molar-refractivity contribution in [2.24, 2.45) is 0 Å². The fourth-order valence-electron chi connectivity index (χ4n) is 3.49. The number of hydrogen-bond donors (Lipinski definition) is 1. The van der Waals surface area contributed by atoms with E-state index in [-0.39, 0.29) is 11.5 Å². The molecule has 3 aromatic heterocycles. The number of aromatic amines is 1. The molecule has 0 aliphatic carbocycles. The molecular formula is C23H18N4O2. The van der Waals surface area contributed by atoms with Crippen LogP contribution in [0.15, 0.2) is 77.7 Å². The van der Waals surface area contributed by atoms with Crippen LogP contribution in [0.25, 0.3) is 16.8 Å². The summed E-state index contributed by atoms with van der Waals surface area (Å²) in [4.78, 5) is 20.2. The monoisotopic (exact) mass is 382 g/mol. The molecule has 0 atom stereocenters. The van der Waals surface area contributed by atoms with Gasteiger partial charge in [0.2, 0.25) is 11.7 Å². The lowest BCUT2D eigenvalue weighted by Crippen LogP contribution is -2.01. The van der Waals surface area contributed by atoms with Crippen LogP contribution in [0.3, 0.4) is 0 Å². The van der Waals surface area contributed by atoms with Crippen LogP contribution in [-0.2, 0) is 6.42 Å². The quantitative estimate of drug-likeness (QED) is 0.455. The van der Waals surface area contributed by atoms with Gasteiger partial charge in [0, 0.05) is 42.0 Å². The third kappa shape index (κ3) is 3.14. The van der Waals surface area contributed by atoms with Gasteiger partial charge in [-0.25, -0.2) is 4.98 Å². The molecule has 1 N–H and O–H groups in total. The molecule has 0 fully saturated rings. The number of H-pyrrole nitrogens is 1. The van der Waals surface area contributed by atoms with Gasteiger partial charge in [0.1, 0.15) is 5.82 Å². The molecule has 0 saturated heterocycles. The van der Waals surface area contributed by atoms with Crippen molar-refractivity contribution >= 4 is 16.7 Å². The average molecular weight is 382 g/mol. The number of rotatable bonds is 5. The molecule has 5 aromatic rings. The summed E-state index contributed by atoms with van der Waals surface area (Å²) in [6.07, 6.45) is 6.24. The predicted octanol–water partition coefficient (Wildman–Crippen LogP) is 4.47. The molecule has 0 aliphatic heterocycles. The third-order valence-corrected chi connectivity index (χ3v) is 4.99. The van der Waals surface area contributed by atoms with Gasteiger partial charge in [-0.3, -0.25) is 9.36 Å². The Morgan fingerprint density at radius 2 is 1.97 bits per heavy atom. The van der Waals surface area contributed by atoms with Crippen molar-refractivity contribution in [1.82, 2.24) is 19.7 Å². The van der Waals surface area contributed by atoms with E-state index in [2.05, 4.69) is 21.2 Å². The number of para-hydroxylation sites is 1. The van der Waals surface area contributed by atoms with Gasteiger partial charge >= 0.3 is 0 Å². The van der Waals surface area contributed by atoms with Gasteiger partial charge in [-0.05, 0) is 18.6 Å². The molecule has 142 valence electrons. The summed E-state index contributed by atoms with van der Waals surface area (Å²) >= 11 is 0. The molecule has 5 rings (SSSR count). The van der Waals surface area contributed by atoms with Crippen molar-refractivity contribution in [2.45, 2.75) is 13.3 Å². The smallest absolute Gasteiger partial charge is 0.236 e. The molecular weight excluding hydrogens is 364 g/mol. The average Bonchev–Trinajstić information content (AvgIpc) is 3.49. The number of carbonyl (C=O) groups is 1. The zero-order chi connectivity index (χ0) is 19.8. The third-order valence-electron chi connectivity index (χ3n) is 4.99. The first kappa shape index (κ1) is 17.2. The van der Waals surface area contributed by atoms with Gasteiger partial charge in [-0.1, -0.05) is 53.2 Å². The molecule has 0 unspecified atom stereocenters. The number of nitrogens with one attached hydrogen (secondary N) is 1. The van der Waals surface area contributed by atoms with Crippen molar-refractivity contribution in [3.8, 4) is 5.88 Å². The Hall–Kier alpha value is -3.93. The van der Waals surface area contributed by atoms with Crippen LogP contribution in [0, 0.1) is 6.92 Å². The summed E-state index contributed by atoms with van der Waals surface area (Å²) in [5.74, 6) is 1.23. The van der Waals surface area contributed by atoms with E-state index in [4.69, 9.17) is 4.52 Å². The SMILES string of the molecule is Cc1ccc(C(=O)c2cc(-n3cc(Cc4ncc[nH]4)c4ccccc43)on2)cc1. The number of benzene rings is 2. The molecule has 6 nitrogen and oxygen atoms in total. The summed E-state index contributed by atoms with van der Waals surface area (Å²) in [6.45, 7) is 1.99. The topological polar surface area (TPSA) is 76.7 Å². The summed E-state index contributed by atoms with van der Waals surface area (Å²) in [5, 5.41) is 5.12. The molecule has 0 aliphatic rings.